The Morgan fingerprint density at radius 1 is 1.07 bits per heavy atom. The molecule has 0 aliphatic heterocycles. The molecule has 1 aromatic carbocycles. The van der Waals surface area contributed by atoms with Crippen LogP contribution in [0.25, 0.3) is 0 Å². The van der Waals surface area contributed by atoms with E-state index in [9.17, 15) is 8.42 Å². The van der Waals surface area contributed by atoms with Gasteiger partial charge >= 0.3 is 0 Å². The molecule has 0 spiro atoms. The maximum Gasteiger partial charge on any atom is 0.267 e. The van der Waals surface area contributed by atoms with E-state index in [1.807, 2.05) is 0 Å². The molecule has 0 aliphatic carbocycles. The molecule has 0 aromatic heterocycles. The molecule has 0 atom stereocenters. The van der Waals surface area contributed by atoms with E-state index in [2.05, 4.69) is 69.4 Å². The Morgan fingerprint density at radius 2 is 1.27 bits per heavy atom. The topological polar surface area (TPSA) is 54.4 Å². The highest BCUT2D eigenvalue weighted by Gasteiger charge is 2.08. The number of hydrogen-bond acceptors (Lipinski definition) is 2. The van der Waals surface area contributed by atoms with Crippen molar-refractivity contribution in [2.45, 2.75) is 19.1 Å². The van der Waals surface area contributed by atoms with Gasteiger partial charge in [0.15, 0.2) is 0 Å². The molecule has 0 fully saturated rings. The van der Waals surface area contributed by atoms with Crippen molar-refractivity contribution < 1.29 is 13.0 Å². The second-order valence-corrected chi connectivity index (χ2v) is 7.46. The van der Waals surface area contributed by atoms with E-state index in [-0.39, 0.29) is 0 Å². The Balaban J connectivity index is 0.000000265. The molecule has 0 radical (unpaired) electrons. The summed E-state index contributed by atoms with van der Waals surface area (Å²) in [6.07, 6.45) is 0. The first-order chi connectivity index (χ1) is 6.73. The monoisotopic (exact) mass is 454 g/mol. The van der Waals surface area contributed by atoms with Crippen LogP contribution < -0.4 is 0 Å². The first kappa shape index (κ1) is 15.6. The molecule has 0 heterocycles. The van der Waals surface area contributed by atoms with Gasteiger partial charge in [0.05, 0.1) is 5.25 Å². The highest BCUT2D eigenvalue weighted by molar-refractivity contribution is 14.1. The van der Waals surface area contributed by atoms with Gasteiger partial charge in [-0.05, 0) is 83.3 Å². The molecule has 1 rings (SSSR count). The summed E-state index contributed by atoms with van der Waals surface area (Å²) in [5, 5.41) is -0.674. The predicted molar refractivity (Wildman–Crippen MR) is 78.6 cm³/mol. The summed E-state index contributed by atoms with van der Waals surface area (Å²) < 4.78 is 30.4. The van der Waals surface area contributed by atoms with Gasteiger partial charge in [-0.25, -0.2) is 0 Å². The van der Waals surface area contributed by atoms with Crippen LogP contribution >= 0.6 is 45.2 Å². The maximum absolute atomic E-state index is 9.89. The van der Waals surface area contributed by atoms with Crippen molar-refractivity contribution in [3.8, 4) is 0 Å². The zero-order valence-electron chi connectivity index (χ0n) is 8.31. The summed E-state index contributed by atoms with van der Waals surface area (Å²) in [5.74, 6) is 0. The van der Waals surface area contributed by atoms with Crippen LogP contribution in [-0.2, 0) is 10.1 Å². The van der Waals surface area contributed by atoms with Crippen molar-refractivity contribution in [3.05, 3.63) is 31.4 Å². The quantitative estimate of drug-likeness (QED) is 0.524. The molecule has 0 saturated heterocycles. The average molecular weight is 454 g/mol. The summed E-state index contributed by atoms with van der Waals surface area (Å²) in [4.78, 5) is 0. The fraction of sp³-hybridized carbons (Fsp3) is 0.333. The zero-order valence-corrected chi connectivity index (χ0v) is 13.4. The van der Waals surface area contributed by atoms with E-state index in [4.69, 9.17) is 4.55 Å². The fourth-order valence-corrected chi connectivity index (χ4v) is 1.15. The van der Waals surface area contributed by atoms with Gasteiger partial charge in [0.25, 0.3) is 10.1 Å². The molecular formula is C9H12I2O3S. The number of benzene rings is 1. The molecule has 0 bridgehead atoms. The SMILES string of the molecule is CC(C)S(=O)(=O)O.Ic1ccc(I)cc1. The summed E-state index contributed by atoms with van der Waals surface area (Å²) in [6.45, 7) is 2.82. The van der Waals surface area contributed by atoms with Gasteiger partial charge in [0.2, 0.25) is 0 Å². The molecule has 0 unspecified atom stereocenters. The standard InChI is InChI=1S/C6H4I2.C3H8O3S/c7-5-1-2-6(8)4-3-5;1-3(2)7(4,5)6/h1-4H;3H,1-2H3,(H,4,5,6). The molecule has 1 N–H and O–H groups in total. The van der Waals surface area contributed by atoms with Gasteiger partial charge in [-0.3, -0.25) is 4.55 Å². The van der Waals surface area contributed by atoms with Gasteiger partial charge < -0.3 is 0 Å². The highest BCUT2D eigenvalue weighted by Crippen LogP contribution is 2.07. The average Bonchev–Trinajstić information content (AvgIpc) is 2.09. The minimum atomic E-state index is -3.74. The van der Waals surface area contributed by atoms with Gasteiger partial charge in [-0.1, -0.05) is 0 Å². The first-order valence-corrected chi connectivity index (χ1v) is 7.77. The molecule has 86 valence electrons. The van der Waals surface area contributed by atoms with Crippen LogP contribution in [0.15, 0.2) is 24.3 Å². The summed E-state index contributed by atoms with van der Waals surface area (Å²) in [7, 11) is -3.74. The van der Waals surface area contributed by atoms with Crippen molar-refractivity contribution >= 4 is 55.3 Å². The lowest BCUT2D eigenvalue weighted by atomic mass is 10.4. The Morgan fingerprint density at radius 3 is 1.40 bits per heavy atom. The van der Waals surface area contributed by atoms with E-state index < -0.39 is 15.4 Å². The van der Waals surface area contributed by atoms with Crippen LogP contribution in [0.1, 0.15) is 13.8 Å². The Hall–Kier alpha value is 0.590. The highest BCUT2D eigenvalue weighted by atomic mass is 127. The van der Waals surface area contributed by atoms with Crippen molar-refractivity contribution in [2.24, 2.45) is 0 Å². The van der Waals surface area contributed by atoms with Crippen molar-refractivity contribution in [1.29, 1.82) is 0 Å². The zero-order chi connectivity index (χ0) is 12.1. The van der Waals surface area contributed by atoms with Gasteiger partial charge in [0, 0.05) is 7.14 Å². The third-order valence-electron chi connectivity index (χ3n) is 1.40. The van der Waals surface area contributed by atoms with E-state index in [0.29, 0.717) is 0 Å². The van der Waals surface area contributed by atoms with Gasteiger partial charge in [0.1, 0.15) is 0 Å². The summed E-state index contributed by atoms with van der Waals surface area (Å²) >= 11 is 4.59. The lowest BCUT2D eigenvalue weighted by Gasteiger charge is -1.94. The van der Waals surface area contributed by atoms with E-state index in [1.54, 1.807) is 0 Å². The third kappa shape index (κ3) is 8.40. The first-order valence-electron chi connectivity index (χ1n) is 4.11. The van der Waals surface area contributed by atoms with Crippen LogP contribution in [0.4, 0.5) is 0 Å². The molecule has 0 aliphatic rings. The normalized spacial score (nSPS) is 10.8. The second kappa shape index (κ2) is 7.02. The maximum atomic E-state index is 9.89. The molecule has 0 amide bonds. The van der Waals surface area contributed by atoms with Crippen LogP contribution in [0.2, 0.25) is 0 Å². The predicted octanol–water partition coefficient (Wildman–Crippen LogP) is 3.18. The largest absolute Gasteiger partial charge is 0.285 e. The van der Waals surface area contributed by atoms with Gasteiger partial charge in [-0.15, -0.1) is 0 Å². The van der Waals surface area contributed by atoms with Crippen molar-refractivity contribution in [3.63, 3.8) is 0 Å². The van der Waals surface area contributed by atoms with Crippen LogP contribution in [0.3, 0.4) is 0 Å². The van der Waals surface area contributed by atoms with Crippen molar-refractivity contribution in [2.75, 3.05) is 0 Å². The summed E-state index contributed by atoms with van der Waals surface area (Å²) in [5.41, 5.74) is 0. The molecule has 6 heteroatoms. The third-order valence-corrected chi connectivity index (χ3v) is 4.03. The van der Waals surface area contributed by atoms with E-state index in [1.165, 1.54) is 21.0 Å². The Kier molecular flexibility index (Phi) is 7.30. The summed E-state index contributed by atoms with van der Waals surface area (Å²) in [6, 6.07) is 8.40. The Bertz CT molecular complexity index is 363. The van der Waals surface area contributed by atoms with Crippen LogP contribution in [0, 0.1) is 7.14 Å². The lowest BCUT2D eigenvalue weighted by Crippen LogP contribution is -2.10. The minimum Gasteiger partial charge on any atom is -0.285 e. The molecule has 0 saturated carbocycles. The van der Waals surface area contributed by atoms with Crippen molar-refractivity contribution in [1.82, 2.24) is 0 Å². The van der Waals surface area contributed by atoms with Crippen LogP contribution in [0.5, 0.6) is 0 Å². The molecule has 1 aromatic rings. The Labute approximate surface area is 118 Å². The number of hydrogen-bond donors (Lipinski definition) is 1. The minimum absolute atomic E-state index is 0.674. The molecule has 3 nitrogen and oxygen atoms in total. The fourth-order valence-electron chi connectivity index (χ4n) is 0.430. The molecular weight excluding hydrogens is 442 g/mol. The lowest BCUT2D eigenvalue weighted by molar-refractivity contribution is 0.473. The van der Waals surface area contributed by atoms with E-state index >= 15 is 0 Å². The molecule has 15 heavy (non-hydrogen) atoms. The smallest absolute Gasteiger partial charge is 0.267 e. The van der Waals surface area contributed by atoms with Gasteiger partial charge in [-0.2, -0.15) is 8.42 Å². The second-order valence-electron chi connectivity index (χ2n) is 3.00. The number of rotatable bonds is 1. The van der Waals surface area contributed by atoms with E-state index in [0.717, 1.165) is 0 Å². The number of halogens is 2. The van der Waals surface area contributed by atoms with Crippen LogP contribution in [-0.4, -0.2) is 18.2 Å².